The topological polar surface area (TPSA) is 118 Å². The average molecular weight is 673 g/mol. The first kappa shape index (κ1) is 35.1. The number of imidazole rings is 1. The molecule has 3 amide bonds. The van der Waals surface area contributed by atoms with Crippen LogP contribution in [0.4, 0.5) is 30.8 Å². The number of carbonyl (C=O) groups is 3. The van der Waals surface area contributed by atoms with Crippen molar-refractivity contribution in [3.63, 3.8) is 0 Å². The monoisotopic (exact) mass is 672 g/mol. The Morgan fingerprint density at radius 3 is 2.33 bits per heavy atom. The average Bonchev–Trinajstić information content (AvgIpc) is 3.41. The fraction of sp³-hybridized carbons (Fsp3) is 0.351. The number of aromatic nitrogens is 2. The number of hydrogen-bond donors (Lipinski definition) is 3. The van der Waals surface area contributed by atoms with E-state index in [-0.39, 0.29) is 30.6 Å². The number of anilines is 3. The number of amides is 3. The van der Waals surface area contributed by atoms with Gasteiger partial charge >= 0.3 is 6.09 Å². The number of fused-ring (bicyclic) bond motifs is 1. The Bertz CT molecular complexity index is 1780. The number of ether oxygens (including phenoxy) is 1. The van der Waals surface area contributed by atoms with Crippen LogP contribution in [0.1, 0.15) is 58.3 Å². The number of carbonyl (C=O) groups excluding carboxylic acids is 3. The zero-order valence-corrected chi connectivity index (χ0v) is 28.2. The van der Waals surface area contributed by atoms with Crippen LogP contribution in [0, 0.1) is 11.6 Å². The van der Waals surface area contributed by atoms with E-state index < -0.39 is 23.6 Å². The largest absolute Gasteiger partial charge is 0.444 e. The maximum atomic E-state index is 14.3. The Hall–Kier alpha value is -5.26. The van der Waals surface area contributed by atoms with E-state index in [4.69, 9.17) is 9.72 Å². The van der Waals surface area contributed by atoms with Gasteiger partial charge in [-0.15, -0.1) is 0 Å². The van der Waals surface area contributed by atoms with Crippen molar-refractivity contribution >= 4 is 35.1 Å². The standard InChI is InChI=1S/C37H42F2N6O4/c1-5-6-10-32(46)40-28-15-11-24(12-16-28)21-30(42-36(48)49-37(2,3)4)35(47)44-19-20-45-31(23-44)43-33(25-8-7-9-27(39)22-25)34(45)41-29-17-13-26(38)14-18-29/h7-9,11-18,22,30,41H,5-6,10,19-21,23H2,1-4H3,(H,40,46)(H,42,48)/t30-/m0/s1. The molecule has 49 heavy (non-hydrogen) atoms. The van der Waals surface area contributed by atoms with Gasteiger partial charge in [-0.05, 0) is 81.3 Å². The molecule has 2 heterocycles. The van der Waals surface area contributed by atoms with Gasteiger partial charge in [-0.25, -0.2) is 18.6 Å². The number of alkyl carbamates (subject to hydrolysis) is 1. The third kappa shape index (κ3) is 9.43. The van der Waals surface area contributed by atoms with Crippen molar-refractivity contribution in [2.45, 2.75) is 78.1 Å². The highest BCUT2D eigenvalue weighted by Crippen LogP contribution is 2.34. The van der Waals surface area contributed by atoms with Gasteiger partial charge in [0.05, 0.1) is 6.54 Å². The molecule has 0 spiro atoms. The number of rotatable bonds is 11. The highest BCUT2D eigenvalue weighted by atomic mass is 19.1. The molecule has 3 N–H and O–H groups in total. The molecule has 4 aromatic rings. The number of benzene rings is 3. The van der Waals surface area contributed by atoms with Gasteiger partial charge in [0.2, 0.25) is 11.8 Å². The van der Waals surface area contributed by atoms with Crippen molar-refractivity contribution in [1.29, 1.82) is 0 Å². The minimum absolute atomic E-state index is 0.0608. The van der Waals surface area contributed by atoms with Gasteiger partial charge in [0.1, 0.15) is 40.6 Å². The van der Waals surface area contributed by atoms with E-state index in [1.54, 1.807) is 62.1 Å². The van der Waals surface area contributed by atoms with Crippen LogP contribution in [0.5, 0.6) is 0 Å². The third-order valence-corrected chi connectivity index (χ3v) is 7.91. The fourth-order valence-electron chi connectivity index (χ4n) is 5.54. The molecule has 1 aliphatic heterocycles. The maximum Gasteiger partial charge on any atom is 0.408 e. The first-order valence-corrected chi connectivity index (χ1v) is 16.4. The normalized spacial score (nSPS) is 13.3. The number of halogens is 2. The second-order valence-corrected chi connectivity index (χ2v) is 13.0. The van der Waals surface area contributed by atoms with Crippen molar-refractivity contribution in [2.24, 2.45) is 0 Å². The Balaban J connectivity index is 1.39. The Morgan fingerprint density at radius 2 is 1.65 bits per heavy atom. The summed E-state index contributed by atoms with van der Waals surface area (Å²) >= 11 is 0. The number of nitrogens with zero attached hydrogens (tertiary/aromatic N) is 3. The lowest BCUT2D eigenvalue weighted by Gasteiger charge is -2.32. The second-order valence-electron chi connectivity index (χ2n) is 13.0. The number of unbranched alkanes of at least 4 members (excludes halogenated alkanes) is 1. The molecule has 5 rings (SSSR count). The zero-order valence-electron chi connectivity index (χ0n) is 28.2. The number of hydrogen-bond acceptors (Lipinski definition) is 6. The van der Waals surface area contributed by atoms with E-state index in [1.807, 2.05) is 23.6 Å². The summed E-state index contributed by atoms with van der Waals surface area (Å²) in [5, 5.41) is 8.95. The predicted octanol–water partition coefficient (Wildman–Crippen LogP) is 7.18. The molecule has 0 saturated heterocycles. The molecular weight excluding hydrogens is 630 g/mol. The van der Waals surface area contributed by atoms with Gasteiger partial charge in [0.25, 0.3) is 0 Å². The minimum Gasteiger partial charge on any atom is -0.444 e. The summed E-state index contributed by atoms with van der Waals surface area (Å²) in [6, 6.07) is 18.2. The van der Waals surface area contributed by atoms with Gasteiger partial charge in [-0.3, -0.25) is 9.59 Å². The summed E-state index contributed by atoms with van der Waals surface area (Å²) in [7, 11) is 0. The van der Waals surface area contributed by atoms with E-state index in [1.165, 1.54) is 24.3 Å². The first-order valence-electron chi connectivity index (χ1n) is 16.4. The molecule has 0 bridgehead atoms. The Morgan fingerprint density at radius 1 is 0.939 bits per heavy atom. The van der Waals surface area contributed by atoms with Gasteiger partial charge < -0.3 is 30.2 Å². The van der Waals surface area contributed by atoms with Crippen LogP contribution in [-0.2, 0) is 33.8 Å². The molecule has 12 heteroatoms. The molecular formula is C37H42F2N6O4. The Kier molecular flexibility index (Phi) is 11.0. The molecule has 1 aliphatic rings. The van der Waals surface area contributed by atoms with E-state index in [0.29, 0.717) is 53.8 Å². The fourth-order valence-corrected chi connectivity index (χ4v) is 5.54. The SMILES string of the molecule is CCCCC(=O)Nc1ccc(C[C@H](NC(=O)OC(C)(C)C)C(=O)N2CCn3c(nc(-c4cccc(F)c4)c3Nc3ccc(F)cc3)C2)cc1. The minimum atomic E-state index is -0.958. The van der Waals surface area contributed by atoms with Gasteiger partial charge in [-0.1, -0.05) is 37.6 Å². The highest BCUT2D eigenvalue weighted by molar-refractivity contribution is 5.90. The predicted molar refractivity (Wildman–Crippen MR) is 184 cm³/mol. The Labute approximate surface area is 284 Å². The highest BCUT2D eigenvalue weighted by Gasteiger charge is 2.33. The molecule has 258 valence electrons. The molecule has 10 nitrogen and oxygen atoms in total. The third-order valence-electron chi connectivity index (χ3n) is 7.91. The van der Waals surface area contributed by atoms with Crippen LogP contribution in [0.25, 0.3) is 11.3 Å². The quantitative estimate of drug-likeness (QED) is 0.155. The van der Waals surface area contributed by atoms with Crippen LogP contribution in [0.3, 0.4) is 0 Å². The number of nitrogens with one attached hydrogen (secondary N) is 3. The van der Waals surface area contributed by atoms with Crippen LogP contribution >= 0.6 is 0 Å². The molecule has 3 aromatic carbocycles. The van der Waals surface area contributed by atoms with Gasteiger partial charge in [-0.2, -0.15) is 0 Å². The van der Waals surface area contributed by atoms with Crippen molar-refractivity contribution in [2.75, 3.05) is 17.2 Å². The smallest absolute Gasteiger partial charge is 0.408 e. The lowest BCUT2D eigenvalue weighted by atomic mass is 10.0. The van der Waals surface area contributed by atoms with E-state index in [0.717, 1.165) is 18.4 Å². The summed E-state index contributed by atoms with van der Waals surface area (Å²) in [6.07, 6.45) is 1.63. The van der Waals surface area contributed by atoms with Crippen molar-refractivity contribution in [3.05, 3.63) is 95.8 Å². The van der Waals surface area contributed by atoms with E-state index in [9.17, 15) is 23.2 Å². The molecule has 0 saturated carbocycles. The lowest BCUT2D eigenvalue weighted by molar-refractivity contribution is -0.135. The van der Waals surface area contributed by atoms with Crippen LogP contribution < -0.4 is 16.0 Å². The van der Waals surface area contributed by atoms with Crippen molar-refractivity contribution < 1.29 is 27.9 Å². The second kappa shape index (κ2) is 15.3. The summed E-state index contributed by atoms with van der Waals surface area (Å²) in [6.45, 7) is 8.05. The van der Waals surface area contributed by atoms with E-state index >= 15 is 0 Å². The molecule has 0 radical (unpaired) electrons. The molecule has 1 aromatic heterocycles. The van der Waals surface area contributed by atoms with E-state index in [2.05, 4.69) is 16.0 Å². The van der Waals surface area contributed by atoms with Gasteiger partial charge in [0, 0.05) is 42.9 Å². The first-order chi connectivity index (χ1) is 23.4. The van der Waals surface area contributed by atoms with Crippen molar-refractivity contribution in [1.82, 2.24) is 19.8 Å². The summed E-state index contributed by atoms with van der Waals surface area (Å²) in [5.41, 5.74) is 2.30. The zero-order chi connectivity index (χ0) is 35.1. The lowest BCUT2D eigenvalue weighted by Crippen LogP contribution is -2.52. The van der Waals surface area contributed by atoms with Crippen LogP contribution in [0.15, 0.2) is 72.8 Å². The maximum absolute atomic E-state index is 14.3. The summed E-state index contributed by atoms with van der Waals surface area (Å²) in [4.78, 5) is 45.7. The molecule has 0 fully saturated rings. The summed E-state index contributed by atoms with van der Waals surface area (Å²) < 4.78 is 35.3. The molecule has 0 unspecified atom stereocenters. The molecule has 1 atom stereocenters. The van der Waals surface area contributed by atoms with Crippen LogP contribution in [-0.4, -0.2) is 50.5 Å². The summed E-state index contributed by atoms with van der Waals surface area (Å²) in [5.74, 6) is -0.0324. The molecule has 0 aliphatic carbocycles. The van der Waals surface area contributed by atoms with Gasteiger partial charge in [0.15, 0.2) is 0 Å². The van der Waals surface area contributed by atoms with Crippen LogP contribution in [0.2, 0.25) is 0 Å². The van der Waals surface area contributed by atoms with Crippen molar-refractivity contribution in [3.8, 4) is 11.3 Å².